The number of aryl methyl sites for hydroxylation is 1. The van der Waals surface area contributed by atoms with Crippen molar-refractivity contribution >= 4 is 29.0 Å². The number of carbonyl (C=O) groups excluding carboxylic acids is 1. The molecule has 1 aromatic heterocycles. The third-order valence-corrected chi connectivity index (χ3v) is 6.56. The molecule has 2 fully saturated rings. The van der Waals surface area contributed by atoms with Gasteiger partial charge in [-0.05, 0) is 45.1 Å². The predicted octanol–water partition coefficient (Wildman–Crippen LogP) is 2.77. The van der Waals surface area contributed by atoms with Gasteiger partial charge in [0, 0.05) is 21.0 Å². The van der Waals surface area contributed by atoms with Crippen LogP contribution in [0.15, 0.2) is 12.1 Å². The van der Waals surface area contributed by atoms with E-state index >= 15 is 0 Å². The summed E-state index contributed by atoms with van der Waals surface area (Å²) in [4.78, 5) is 17.0. The van der Waals surface area contributed by atoms with Gasteiger partial charge in [-0.3, -0.25) is 10.1 Å². The molecular weight excluding hydrogens is 276 g/mol. The summed E-state index contributed by atoms with van der Waals surface area (Å²) in [6, 6.07) is 4.22. The van der Waals surface area contributed by atoms with Gasteiger partial charge in [0.25, 0.3) is 0 Å². The van der Waals surface area contributed by atoms with Crippen molar-refractivity contribution in [2.24, 2.45) is 0 Å². The minimum absolute atomic E-state index is 0.0648. The van der Waals surface area contributed by atoms with Crippen LogP contribution in [0.5, 0.6) is 0 Å². The first-order valence-electron chi connectivity index (χ1n) is 6.73. The molecule has 3 rings (SSSR count). The highest BCUT2D eigenvalue weighted by molar-refractivity contribution is 8.00. The molecule has 2 unspecified atom stereocenters. The van der Waals surface area contributed by atoms with Crippen molar-refractivity contribution in [3.63, 3.8) is 0 Å². The van der Waals surface area contributed by atoms with E-state index in [0.29, 0.717) is 4.75 Å². The number of rotatable bonds is 4. The quantitative estimate of drug-likeness (QED) is 0.927. The van der Waals surface area contributed by atoms with Gasteiger partial charge >= 0.3 is 0 Å². The van der Waals surface area contributed by atoms with Crippen molar-refractivity contribution in [2.45, 2.75) is 43.6 Å². The number of thiophene rings is 1. The lowest BCUT2D eigenvalue weighted by molar-refractivity contribution is -0.129. The first-order chi connectivity index (χ1) is 9.04. The zero-order chi connectivity index (χ0) is 13.6. The van der Waals surface area contributed by atoms with Crippen molar-refractivity contribution in [2.75, 3.05) is 12.8 Å². The molecule has 2 heterocycles. The Morgan fingerprint density at radius 1 is 1.53 bits per heavy atom. The molecule has 5 heteroatoms. The number of thioether (sulfide) groups is 1. The second-order valence-electron chi connectivity index (χ2n) is 5.59. The second-order valence-corrected chi connectivity index (χ2v) is 8.19. The number of hydrogen-bond donors (Lipinski definition) is 1. The molecule has 1 aliphatic carbocycles. The molecule has 0 aromatic carbocycles. The fourth-order valence-electron chi connectivity index (χ4n) is 2.66. The SMILES string of the molecule is CSC1(CN2C(=O)C(C)NC2c2ccc(C)s2)CC1. The van der Waals surface area contributed by atoms with Crippen LogP contribution < -0.4 is 5.32 Å². The summed E-state index contributed by atoms with van der Waals surface area (Å²) in [5.74, 6) is 0.247. The van der Waals surface area contributed by atoms with Gasteiger partial charge in [-0.15, -0.1) is 11.3 Å². The average molecular weight is 296 g/mol. The maximum Gasteiger partial charge on any atom is 0.241 e. The van der Waals surface area contributed by atoms with Crippen molar-refractivity contribution in [3.8, 4) is 0 Å². The molecule has 1 aromatic rings. The van der Waals surface area contributed by atoms with E-state index in [4.69, 9.17) is 0 Å². The maximum atomic E-state index is 12.4. The number of amides is 1. The van der Waals surface area contributed by atoms with E-state index in [1.54, 1.807) is 11.3 Å². The van der Waals surface area contributed by atoms with Gasteiger partial charge < -0.3 is 4.90 Å². The summed E-state index contributed by atoms with van der Waals surface area (Å²) in [6.07, 6.45) is 4.71. The fourth-order valence-corrected chi connectivity index (χ4v) is 4.39. The lowest BCUT2D eigenvalue weighted by atomic mass is 10.3. The van der Waals surface area contributed by atoms with E-state index in [1.165, 1.54) is 22.6 Å². The van der Waals surface area contributed by atoms with Crippen LogP contribution in [0.2, 0.25) is 0 Å². The summed E-state index contributed by atoms with van der Waals surface area (Å²) in [7, 11) is 0. The number of hydrogen-bond acceptors (Lipinski definition) is 4. The maximum absolute atomic E-state index is 12.4. The summed E-state index contributed by atoms with van der Waals surface area (Å²) in [5, 5.41) is 3.44. The van der Waals surface area contributed by atoms with E-state index in [0.717, 1.165) is 6.54 Å². The van der Waals surface area contributed by atoms with E-state index in [9.17, 15) is 4.79 Å². The molecule has 19 heavy (non-hydrogen) atoms. The van der Waals surface area contributed by atoms with Gasteiger partial charge in [0.05, 0.1) is 6.04 Å². The highest BCUT2D eigenvalue weighted by Gasteiger charge is 2.48. The summed E-state index contributed by atoms with van der Waals surface area (Å²) in [5.41, 5.74) is 0. The average Bonchev–Trinajstić information content (AvgIpc) is 2.97. The molecular formula is C14H20N2OS2. The highest BCUT2D eigenvalue weighted by Crippen LogP contribution is 2.49. The monoisotopic (exact) mass is 296 g/mol. The molecule has 1 saturated heterocycles. The Labute approximate surface area is 122 Å². The normalized spacial score (nSPS) is 29.0. The Morgan fingerprint density at radius 2 is 2.26 bits per heavy atom. The van der Waals surface area contributed by atoms with Gasteiger partial charge in [-0.1, -0.05) is 0 Å². The molecule has 2 atom stereocenters. The third kappa shape index (κ3) is 2.43. The van der Waals surface area contributed by atoms with Gasteiger partial charge in [0.15, 0.2) is 0 Å². The molecule has 3 nitrogen and oxygen atoms in total. The van der Waals surface area contributed by atoms with Crippen LogP contribution in [-0.4, -0.2) is 34.4 Å². The van der Waals surface area contributed by atoms with E-state index in [2.05, 4.69) is 35.5 Å². The number of nitrogens with one attached hydrogen (secondary N) is 1. The molecule has 2 aliphatic rings. The van der Waals surface area contributed by atoms with Crippen molar-refractivity contribution in [1.29, 1.82) is 0 Å². The molecule has 0 radical (unpaired) electrons. The van der Waals surface area contributed by atoms with Gasteiger partial charge in [-0.25, -0.2) is 0 Å². The van der Waals surface area contributed by atoms with Crippen LogP contribution in [-0.2, 0) is 4.79 Å². The Balaban J connectivity index is 1.83. The largest absolute Gasteiger partial charge is 0.319 e. The summed E-state index contributed by atoms with van der Waals surface area (Å²) >= 11 is 3.70. The third-order valence-electron chi connectivity index (χ3n) is 4.10. The number of nitrogens with zero attached hydrogens (tertiary/aromatic N) is 1. The minimum atomic E-state index is -0.0648. The Bertz CT molecular complexity index is 495. The minimum Gasteiger partial charge on any atom is -0.319 e. The number of carbonyl (C=O) groups is 1. The standard InChI is InChI=1S/C14H20N2OS2/c1-9-4-5-11(19-9)12-15-10(2)13(17)16(12)8-14(18-3)6-7-14/h4-5,10,12,15H,6-8H2,1-3H3. The second kappa shape index (κ2) is 4.79. The van der Waals surface area contributed by atoms with Crippen LogP contribution in [0.4, 0.5) is 0 Å². The Hall–Kier alpha value is -0.520. The highest BCUT2D eigenvalue weighted by atomic mass is 32.2. The predicted molar refractivity (Wildman–Crippen MR) is 81.6 cm³/mol. The first-order valence-corrected chi connectivity index (χ1v) is 8.77. The molecule has 1 amide bonds. The van der Waals surface area contributed by atoms with E-state index in [1.807, 2.05) is 18.7 Å². The van der Waals surface area contributed by atoms with Crippen molar-refractivity contribution in [3.05, 3.63) is 21.9 Å². The van der Waals surface area contributed by atoms with Crippen LogP contribution in [0.1, 0.15) is 35.7 Å². The van der Waals surface area contributed by atoms with Crippen LogP contribution in [0.25, 0.3) is 0 Å². The lowest BCUT2D eigenvalue weighted by Gasteiger charge is -2.27. The molecule has 1 aliphatic heterocycles. The van der Waals surface area contributed by atoms with Gasteiger partial charge in [-0.2, -0.15) is 11.8 Å². The van der Waals surface area contributed by atoms with Crippen LogP contribution >= 0.6 is 23.1 Å². The van der Waals surface area contributed by atoms with Gasteiger partial charge in [0.1, 0.15) is 6.17 Å². The zero-order valence-electron chi connectivity index (χ0n) is 11.6. The Kier molecular flexibility index (Phi) is 3.39. The fraction of sp³-hybridized carbons (Fsp3) is 0.643. The molecule has 1 N–H and O–H groups in total. The molecule has 0 spiro atoms. The van der Waals surface area contributed by atoms with E-state index < -0.39 is 0 Å². The summed E-state index contributed by atoms with van der Waals surface area (Å²) < 4.78 is 0.325. The topological polar surface area (TPSA) is 32.3 Å². The van der Waals surface area contributed by atoms with Crippen LogP contribution in [0.3, 0.4) is 0 Å². The van der Waals surface area contributed by atoms with Gasteiger partial charge in [0.2, 0.25) is 5.91 Å². The van der Waals surface area contributed by atoms with E-state index in [-0.39, 0.29) is 18.1 Å². The first kappa shape index (κ1) is 13.5. The van der Waals surface area contributed by atoms with Crippen molar-refractivity contribution in [1.82, 2.24) is 10.2 Å². The van der Waals surface area contributed by atoms with Crippen molar-refractivity contribution < 1.29 is 4.79 Å². The van der Waals surface area contributed by atoms with Crippen LogP contribution in [0, 0.1) is 6.92 Å². The molecule has 1 saturated carbocycles. The molecule has 0 bridgehead atoms. The zero-order valence-corrected chi connectivity index (χ0v) is 13.2. The smallest absolute Gasteiger partial charge is 0.241 e. The summed E-state index contributed by atoms with van der Waals surface area (Å²) in [6.45, 7) is 4.96. The molecule has 104 valence electrons. The Morgan fingerprint density at radius 3 is 2.79 bits per heavy atom. The lowest BCUT2D eigenvalue weighted by Crippen LogP contribution is -2.36.